The molecule has 0 amide bonds. The Bertz CT molecular complexity index is 1090. The molecule has 0 radical (unpaired) electrons. The highest BCUT2D eigenvalue weighted by molar-refractivity contribution is 5.85. The van der Waals surface area contributed by atoms with Crippen LogP contribution >= 0.6 is 12.4 Å². The summed E-state index contributed by atoms with van der Waals surface area (Å²) in [5.74, 6) is 2.70. The van der Waals surface area contributed by atoms with Crippen molar-refractivity contribution in [3.63, 3.8) is 0 Å². The van der Waals surface area contributed by atoms with E-state index in [9.17, 15) is 0 Å². The van der Waals surface area contributed by atoms with Crippen LogP contribution in [0.3, 0.4) is 0 Å². The van der Waals surface area contributed by atoms with Gasteiger partial charge >= 0.3 is 0 Å². The van der Waals surface area contributed by atoms with Gasteiger partial charge in [-0.25, -0.2) is 0 Å². The Morgan fingerprint density at radius 3 is 2.40 bits per heavy atom. The summed E-state index contributed by atoms with van der Waals surface area (Å²) in [6, 6.07) is 24.6. The number of ether oxygens (including phenoxy) is 2. The van der Waals surface area contributed by atoms with Crippen molar-refractivity contribution in [3.05, 3.63) is 94.5 Å². The summed E-state index contributed by atoms with van der Waals surface area (Å²) < 4.78 is 11.7. The number of hydrogen-bond acceptors (Lipinski definition) is 3. The summed E-state index contributed by atoms with van der Waals surface area (Å²) >= 11 is 0. The molecule has 2 unspecified atom stereocenters. The van der Waals surface area contributed by atoms with Crippen molar-refractivity contribution in [1.29, 1.82) is 0 Å². The predicted molar refractivity (Wildman–Crippen MR) is 147 cm³/mol. The Labute approximate surface area is 216 Å². The molecule has 0 N–H and O–H groups in total. The molecular weight excluding hydrogens is 454 g/mol. The Morgan fingerprint density at radius 2 is 1.66 bits per heavy atom. The highest BCUT2D eigenvalue weighted by atomic mass is 35.5. The lowest BCUT2D eigenvalue weighted by Crippen LogP contribution is -2.25. The van der Waals surface area contributed by atoms with E-state index in [0.717, 1.165) is 24.7 Å². The highest BCUT2D eigenvalue weighted by Gasteiger charge is 2.30. The first-order chi connectivity index (χ1) is 16.7. The van der Waals surface area contributed by atoms with Crippen molar-refractivity contribution in [2.24, 2.45) is 0 Å². The van der Waals surface area contributed by atoms with Gasteiger partial charge in [-0.15, -0.1) is 12.4 Å². The summed E-state index contributed by atoms with van der Waals surface area (Å²) in [4.78, 5) is 2.50. The van der Waals surface area contributed by atoms with Gasteiger partial charge in [0, 0.05) is 12.5 Å². The number of fused-ring (bicyclic) bond motifs is 1. The molecule has 3 nitrogen and oxygen atoms in total. The first-order valence-electron chi connectivity index (χ1n) is 12.9. The molecule has 1 saturated heterocycles. The number of halogens is 1. The molecule has 1 heterocycles. The van der Waals surface area contributed by atoms with Gasteiger partial charge in [-0.3, -0.25) is 4.90 Å². The van der Waals surface area contributed by atoms with E-state index >= 15 is 0 Å². The molecule has 2 aliphatic rings. The molecule has 0 spiro atoms. The first kappa shape index (κ1) is 25.6. The van der Waals surface area contributed by atoms with Crippen molar-refractivity contribution < 1.29 is 9.47 Å². The molecule has 35 heavy (non-hydrogen) atoms. The van der Waals surface area contributed by atoms with Gasteiger partial charge in [0.25, 0.3) is 0 Å². The monoisotopic (exact) mass is 491 g/mol. The zero-order valence-electron chi connectivity index (χ0n) is 21.0. The van der Waals surface area contributed by atoms with Crippen molar-refractivity contribution in [3.8, 4) is 11.5 Å². The third-order valence-electron chi connectivity index (χ3n) is 7.71. The Hall–Kier alpha value is -2.49. The normalized spacial score (nSPS) is 18.4. The summed E-state index contributed by atoms with van der Waals surface area (Å²) in [5.41, 5.74) is 6.97. The van der Waals surface area contributed by atoms with Gasteiger partial charge in [0.15, 0.2) is 0 Å². The smallest absolute Gasteiger partial charge is 0.122 e. The van der Waals surface area contributed by atoms with E-state index in [1.165, 1.54) is 73.0 Å². The minimum absolute atomic E-state index is 0. The fourth-order valence-corrected chi connectivity index (χ4v) is 5.92. The summed E-state index contributed by atoms with van der Waals surface area (Å²) in [5, 5.41) is 0. The SMILES string of the molecule is COc1ccc(C(c2ccc(OCCN3CCCC3)c(C)c2)C2CCCc3ccccc32)cc1.Cl. The van der Waals surface area contributed by atoms with Crippen molar-refractivity contribution >= 4 is 12.4 Å². The minimum atomic E-state index is 0. The fourth-order valence-electron chi connectivity index (χ4n) is 5.92. The maximum Gasteiger partial charge on any atom is 0.122 e. The Morgan fingerprint density at radius 1 is 0.914 bits per heavy atom. The molecule has 0 saturated carbocycles. The predicted octanol–water partition coefficient (Wildman–Crippen LogP) is 7.15. The fraction of sp³-hybridized carbons (Fsp3) is 0.419. The van der Waals surface area contributed by atoms with E-state index in [-0.39, 0.29) is 12.4 Å². The Kier molecular flexibility index (Phi) is 8.75. The molecule has 3 aromatic carbocycles. The van der Waals surface area contributed by atoms with Gasteiger partial charge in [-0.2, -0.15) is 0 Å². The second kappa shape index (κ2) is 12.0. The number of hydrogen-bond donors (Lipinski definition) is 0. The third-order valence-corrected chi connectivity index (χ3v) is 7.71. The van der Waals surface area contributed by atoms with Gasteiger partial charge in [-0.1, -0.05) is 48.5 Å². The van der Waals surface area contributed by atoms with Crippen LogP contribution in [-0.2, 0) is 6.42 Å². The van der Waals surface area contributed by atoms with Crippen LogP contribution in [-0.4, -0.2) is 38.3 Å². The van der Waals surface area contributed by atoms with Gasteiger partial charge in [-0.05, 0) is 104 Å². The largest absolute Gasteiger partial charge is 0.497 e. The summed E-state index contributed by atoms with van der Waals surface area (Å²) in [7, 11) is 1.73. The van der Waals surface area contributed by atoms with Crippen LogP contribution in [0.5, 0.6) is 11.5 Å². The van der Waals surface area contributed by atoms with Crippen LogP contribution in [0.2, 0.25) is 0 Å². The number of likely N-dealkylation sites (tertiary alicyclic amines) is 1. The van der Waals surface area contributed by atoms with Crippen LogP contribution in [0, 0.1) is 6.92 Å². The molecular formula is C31H38ClNO2. The molecule has 0 aromatic heterocycles. The molecule has 1 aliphatic carbocycles. The molecule has 3 aromatic rings. The molecule has 4 heteroatoms. The molecule has 2 atom stereocenters. The van der Waals surface area contributed by atoms with Gasteiger partial charge in [0.1, 0.15) is 18.1 Å². The van der Waals surface area contributed by atoms with Crippen LogP contribution in [0.1, 0.15) is 65.3 Å². The third kappa shape index (κ3) is 5.85. The maximum absolute atomic E-state index is 6.21. The standard InChI is InChI=1S/C31H37NO2.ClH/c1-23-22-26(14-17-30(23)34-21-20-32-18-5-6-19-32)31(25-12-15-27(33-2)16-13-25)29-11-7-9-24-8-3-4-10-28(24)29;/h3-4,8,10,12-17,22,29,31H,5-7,9,11,18-21H2,1-2H3;1H. The molecule has 1 fully saturated rings. The van der Waals surface area contributed by atoms with Crippen molar-refractivity contribution in [2.75, 3.05) is 33.4 Å². The summed E-state index contributed by atoms with van der Waals surface area (Å²) in [6.45, 7) is 6.41. The second-order valence-electron chi connectivity index (χ2n) is 9.87. The van der Waals surface area contributed by atoms with E-state index in [0.29, 0.717) is 11.8 Å². The molecule has 0 bridgehead atoms. The highest BCUT2D eigenvalue weighted by Crippen LogP contribution is 2.46. The average molecular weight is 492 g/mol. The average Bonchev–Trinajstić information content (AvgIpc) is 3.40. The lowest BCUT2D eigenvalue weighted by molar-refractivity contribution is 0.237. The number of rotatable bonds is 8. The zero-order chi connectivity index (χ0) is 23.3. The first-order valence-corrected chi connectivity index (χ1v) is 12.9. The molecule has 186 valence electrons. The quantitative estimate of drug-likeness (QED) is 0.334. The number of benzene rings is 3. The van der Waals surface area contributed by atoms with Crippen LogP contribution in [0.25, 0.3) is 0 Å². The lowest BCUT2D eigenvalue weighted by Gasteiger charge is -2.33. The van der Waals surface area contributed by atoms with Crippen LogP contribution in [0.15, 0.2) is 66.7 Å². The minimum Gasteiger partial charge on any atom is -0.497 e. The van der Waals surface area contributed by atoms with E-state index in [1.54, 1.807) is 7.11 Å². The number of nitrogens with zero attached hydrogens (tertiary/aromatic N) is 1. The van der Waals surface area contributed by atoms with E-state index < -0.39 is 0 Å². The number of methoxy groups -OCH3 is 1. The van der Waals surface area contributed by atoms with Crippen LogP contribution in [0.4, 0.5) is 0 Å². The summed E-state index contributed by atoms with van der Waals surface area (Å²) in [6.07, 6.45) is 6.28. The second-order valence-corrected chi connectivity index (χ2v) is 9.87. The lowest BCUT2D eigenvalue weighted by atomic mass is 9.70. The van der Waals surface area contributed by atoms with Crippen molar-refractivity contribution in [1.82, 2.24) is 4.90 Å². The van der Waals surface area contributed by atoms with Crippen LogP contribution < -0.4 is 9.47 Å². The van der Waals surface area contributed by atoms with Gasteiger partial charge < -0.3 is 9.47 Å². The van der Waals surface area contributed by atoms with Gasteiger partial charge in [0.2, 0.25) is 0 Å². The molecule has 5 rings (SSSR count). The topological polar surface area (TPSA) is 21.7 Å². The number of aryl methyl sites for hydroxylation is 2. The molecule has 1 aliphatic heterocycles. The van der Waals surface area contributed by atoms with Gasteiger partial charge in [0.05, 0.1) is 7.11 Å². The maximum atomic E-state index is 6.21. The van der Waals surface area contributed by atoms with E-state index in [1.807, 2.05) is 0 Å². The zero-order valence-corrected chi connectivity index (χ0v) is 21.9. The Balaban J connectivity index is 0.00000289. The van der Waals surface area contributed by atoms with E-state index in [2.05, 4.69) is 78.6 Å². The van der Waals surface area contributed by atoms with Crippen molar-refractivity contribution in [2.45, 2.75) is 50.9 Å². The van der Waals surface area contributed by atoms with E-state index in [4.69, 9.17) is 9.47 Å².